The maximum atomic E-state index is 12.5. The SMILES string of the molecule is O=C(c1ccc([N+](=O)[O-])s1)N1CCCC1c1cccs1. The fourth-order valence-corrected chi connectivity index (χ4v) is 4.12. The van der Waals surface area contributed by atoms with Crippen molar-refractivity contribution in [3.05, 3.63) is 49.5 Å². The summed E-state index contributed by atoms with van der Waals surface area (Å²) < 4.78 is 0. The summed E-state index contributed by atoms with van der Waals surface area (Å²) in [6.07, 6.45) is 1.93. The van der Waals surface area contributed by atoms with E-state index in [4.69, 9.17) is 0 Å². The molecule has 104 valence electrons. The zero-order chi connectivity index (χ0) is 14.1. The second-order valence-electron chi connectivity index (χ2n) is 4.57. The first kappa shape index (κ1) is 13.3. The molecule has 5 nitrogen and oxygen atoms in total. The zero-order valence-corrected chi connectivity index (χ0v) is 12.2. The molecule has 1 unspecified atom stereocenters. The van der Waals surface area contributed by atoms with Crippen LogP contribution in [-0.4, -0.2) is 22.3 Å². The fourth-order valence-electron chi connectivity index (χ4n) is 2.47. The van der Waals surface area contributed by atoms with Crippen LogP contribution in [0.1, 0.15) is 33.4 Å². The number of thiophene rings is 2. The zero-order valence-electron chi connectivity index (χ0n) is 10.5. The van der Waals surface area contributed by atoms with Crippen LogP contribution in [0.2, 0.25) is 0 Å². The molecule has 1 aliphatic heterocycles. The van der Waals surface area contributed by atoms with E-state index in [0.29, 0.717) is 11.4 Å². The number of nitrogens with zero attached hydrogens (tertiary/aromatic N) is 2. The van der Waals surface area contributed by atoms with Crippen LogP contribution in [0.3, 0.4) is 0 Å². The van der Waals surface area contributed by atoms with Gasteiger partial charge in [-0.15, -0.1) is 11.3 Å². The van der Waals surface area contributed by atoms with Gasteiger partial charge in [0.05, 0.1) is 15.8 Å². The number of hydrogen-bond acceptors (Lipinski definition) is 5. The van der Waals surface area contributed by atoms with E-state index in [-0.39, 0.29) is 17.0 Å². The predicted octanol–water partition coefficient (Wildman–Crippen LogP) is 3.70. The molecule has 7 heteroatoms. The van der Waals surface area contributed by atoms with Crippen molar-refractivity contribution in [1.82, 2.24) is 4.90 Å². The Kier molecular flexibility index (Phi) is 3.54. The summed E-state index contributed by atoms with van der Waals surface area (Å²) in [5.74, 6) is -0.0981. The smallest absolute Gasteiger partial charge is 0.324 e. The first-order chi connectivity index (χ1) is 9.66. The summed E-state index contributed by atoms with van der Waals surface area (Å²) in [4.78, 5) is 26.2. The molecular weight excluding hydrogens is 296 g/mol. The van der Waals surface area contributed by atoms with Gasteiger partial charge in [0.1, 0.15) is 0 Å². The molecule has 1 atom stereocenters. The molecule has 0 bridgehead atoms. The maximum absolute atomic E-state index is 12.5. The molecule has 0 radical (unpaired) electrons. The van der Waals surface area contributed by atoms with Crippen molar-refractivity contribution >= 4 is 33.6 Å². The van der Waals surface area contributed by atoms with Crippen molar-refractivity contribution in [2.24, 2.45) is 0 Å². The van der Waals surface area contributed by atoms with Gasteiger partial charge >= 0.3 is 5.00 Å². The standard InChI is InChI=1S/C13H12N2O3S2/c16-13(11-5-6-12(20-11)15(17)18)14-7-1-3-9(14)10-4-2-8-19-10/h2,4-6,8-9H,1,3,7H2. The third kappa shape index (κ3) is 2.34. The minimum Gasteiger partial charge on any atom is -0.330 e. The lowest BCUT2D eigenvalue weighted by Crippen LogP contribution is -2.29. The highest BCUT2D eigenvalue weighted by atomic mass is 32.1. The summed E-state index contributed by atoms with van der Waals surface area (Å²) in [5, 5.41) is 12.7. The lowest BCUT2D eigenvalue weighted by molar-refractivity contribution is -0.380. The second-order valence-corrected chi connectivity index (χ2v) is 6.61. The van der Waals surface area contributed by atoms with Crippen LogP contribution in [0.4, 0.5) is 5.00 Å². The third-order valence-corrected chi connectivity index (χ3v) is 5.37. The van der Waals surface area contributed by atoms with E-state index in [1.54, 1.807) is 17.4 Å². The predicted molar refractivity (Wildman–Crippen MR) is 78.3 cm³/mol. The Morgan fingerprint density at radius 2 is 2.25 bits per heavy atom. The second kappa shape index (κ2) is 5.34. The van der Waals surface area contributed by atoms with Gasteiger partial charge < -0.3 is 4.90 Å². The Bertz CT molecular complexity index is 636. The van der Waals surface area contributed by atoms with E-state index < -0.39 is 4.92 Å². The van der Waals surface area contributed by atoms with E-state index in [1.807, 2.05) is 22.4 Å². The average Bonchev–Trinajstić information content (AvgIpc) is 3.17. The normalized spacial score (nSPS) is 18.4. The highest BCUT2D eigenvalue weighted by molar-refractivity contribution is 7.17. The van der Waals surface area contributed by atoms with Gasteiger partial charge in [-0.1, -0.05) is 17.4 Å². The topological polar surface area (TPSA) is 63.4 Å². The number of nitro groups is 1. The van der Waals surface area contributed by atoms with Crippen LogP contribution >= 0.6 is 22.7 Å². The number of likely N-dealkylation sites (tertiary alicyclic amines) is 1. The molecule has 1 amide bonds. The molecule has 2 aromatic heterocycles. The summed E-state index contributed by atoms with van der Waals surface area (Å²) in [6, 6.07) is 7.08. The molecule has 3 rings (SSSR count). The van der Waals surface area contributed by atoms with Gasteiger partial charge in [0.15, 0.2) is 0 Å². The highest BCUT2D eigenvalue weighted by Crippen LogP contribution is 2.36. The van der Waals surface area contributed by atoms with Crippen LogP contribution in [0.5, 0.6) is 0 Å². The van der Waals surface area contributed by atoms with E-state index in [2.05, 4.69) is 0 Å². The minimum absolute atomic E-state index is 0.0141. The van der Waals surface area contributed by atoms with Gasteiger partial charge in [0.2, 0.25) is 0 Å². The van der Waals surface area contributed by atoms with Crippen LogP contribution in [0.25, 0.3) is 0 Å². The van der Waals surface area contributed by atoms with Crippen molar-refractivity contribution < 1.29 is 9.72 Å². The van der Waals surface area contributed by atoms with E-state index in [0.717, 1.165) is 24.2 Å². The summed E-state index contributed by atoms with van der Waals surface area (Å²) in [7, 11) is 0. The first-order valence-electron chi connectivity index (χ1n) is 6.25. The van der Waals surface area contributed by atoms with Crippen molar-refractivity contribution in [2.45, 2.75) is 18.9 Å². The molecule has 0 aliphatic carbocycles. The van der Waals surface area contributed by atoms with Crippen molar-refractivity contribution in [2.75, 3.05) is 6.54 Å². The molecule has 1 fully saturated rings. The van der Waals surface area contributed by atoms with Gasteiger partial charge in [-0.3, -0.25) is 14.9 Å². The van der Waals surface area contributed by atoms with Crippen LogP contribution in [-0.2, 0) is 0 Å². The van der Waals surface area contributed by atoms with Gasteiger partial charge in [-0.2, -0.15) is 0 Å². The van der Waals surface area contributed by atoms with Crippen molar-refractivity contribution in [3.63, 3.8) is 0 Å². The van der Waals surface area contributed by atoms with Crippen LogP contribution in [0.15, 0.2) is 29.6 Å². The third-order valence-electron chi connectivity index (χ3n) is 3.37. The lowest BCUT2D eigenvalue weighted by atomic mass is 10.2. The maximum Gasteiger partial charge on any atom is 0.324 e. The Morgan fingerprint density at radius 1 is 1.40 bits per heavy atom. The number of hydrogen-bond donors (Lipinski definition) is 0. The molecule has 1 saturated heterocycles. The van der Waals surface area contributed by atoms with E-state index >= 15 is 0 Å². The molecule has 0 spiro atoms. The number of carbonyl (C=O) groups is 1. The van der Waals surface area contributed by atoms with E-state index in [1.165, 1.54) is 10.9 Å². The van der Waals surface area contributed by atoms with Crippen molar-refractivity contribution in [1.29, 1.82) is 0 Å². The Hall–Kier alpha value is -1.73. The summed E-state index contributed by atoms with van der Waals surface area (Å²) in [6.45, 7) is 0.715. The average molecular weight is 308 g/mol. The molecule has 2 aromatic rings. The van der Waals surface area contributed by atoms with E-state index in [9.17, 15) is 14.9 Å². The van der Waals surface area contributed by atoms with Gasteiger partial charge in [0, 0.05) is 17.5 Å². The monoisotopic (exact) mass is 308 g/mol. The Balaban J connectivity index is 1.83. The van der Waals surface area contributed by atoms with Crippen LogP contribution in [0, 0.1) is 10.1 Å². The summed E-state index contributed by atoms with van der Waals surface area (Å²) >= 11 is 2.60. The highest BCUT2D eigenvalue weighted by Gasteiger charge is 2.32. The Labute approximate surface area is 123 Å². The quantitative estimate of drug-likeness (QED) is 0.641. The molecular formula is C13H12N2O3S2. The van der Waals surface area contributed by atoms with Crippen molar-refractivity contribution in [3.8, 4) is 0 Å². The van der Waals surface area contributed by atoms with Crippen LogP contribution < -0.4 is 0 Å². The lowest BCUT2D eigenvalue weighted by Gasteiger charge is -2.23. The number of carbonyl (C=O) groups excluding carboxylic acids is 1. The fraction of sp³-hybridized carbons (Fsp3) is 0.308. The molecule has 3 heterocycles. The van der Waals surface area contributed by atoms with Gasteiger partial charge in [0.25, 0.3) is 5.91 Å². The first-order valence-corrected chi connectivity index (χ1v) is 7.95. The molecule has 0 saturated carbocycles. The molecule has 0 aromatic carbocycles. The van der Waals surface area contributed by atoms with Gasteiger partial charge in [-0.25, -0.2) is 0 Å². The minimum atomic E-state index is -0.456. The number of rotatable bonds is 3. The molecule has 1 aliphatic rings. The molecule has 20 heavy (non-hydrogen) atoms. The van der Waals surface area contributed by atoms with Gasteiger partial charge in [-0.05, 0) is 30.4 Å². The Morgan fingerprint density at radius 3 is 2.90 bits per heavy atom. The molecule has 0 N–H and O–H groups in total. The largest absolute Gasteiger partial charge is 0.330 e. The number of amides is 1. The summed E-state index contributed by atoms with van der Waals surface area (Å²) in [5.41, 5.74) is 0.